The number of ether oxygens (including phenoxy) is 1. The number of carbonyl (C=O) groups excluding carboxylic acids is 1. The Morgan fingerprint density at radius 2 is 2.10 bits per heavy atom. The number of carboxylic acid groups (broad SMARTS) is 1. The lowest BCUT2D eigenvalue weighted by molar-refractivity contribution is -0.137. The smallest absolute Gasteiger partial charge is 0.319 e. The molecule has 116 valence electrons. The summed E-state index contributed by atoms with van der Waals surface area (Å²) < 4.78 is 5.08. The van der Waals surface area contributed by atoms with E-state index in [1.54, 1.807) is 31.4 Å². The molecule has 0 saturated carbocycles. The monoisotopic (exact) mass is 294 g/mol. The van der Waals surface area contributed by atoms with Crippen LogP contribution in [0.15, 0.2) is 24.3 Å². The molecule has 1 atom stereocenters. The number of methoxy groups -OCH3 is 1. The molecular formula is C15H22N2O4. The average Bonchev–Trinajstić information content (AvgIpc) is 2.45. The van der Waals surface area contributed by atoms with Gasteiger partial charge < -0.3 is 20.5 Å². The fourth-order valence-electron chi connectivity index (χ4n) is 1.82. The largest absolute Gasteiger partial charge is 0.497 e. The Bertz CT molecular complexity index is 476. The first-order chi connectivity index (χ1) is 10.0. The summed E-state index contributed by atoms with van der Waals surface area (Å²) in [7, 11) is 1.57. The average molecular weight is 294 g/mol. The van der Waals surface area contributed by atoms with Crippen molar-refractivity contribution in [3.63, 3.8) is 0 Å². The number of benzene rings is 1. The Balaban J connectivity index is 2.26. The van der Waals surface area contributed by atoms with Crippen LogP contribution in [0.25, 0.3) is 0 Å². The number of rotatable bonds is 8. The van der Waals surface area contributed by atoms with Crippen LogP contribution >= 0.6 is 0 Å². The third-order valence-corrected chi connectivity index (χ3v) is 3.10. The zero-order valence-electron chi connectivity index (χ0n) is 12.4. The molecule has 1 unspecified atom stereocenters. The minimum atomic E-state index is -0.787. The van der Waals surface area contributed by atoms with Gasteiger partial charge in [0.2, 0.25) is 0 Å². The standard InChI is InChI=1S/C15H22N2O4/c1-11(6-7-14(18)19)8-9-16-15(20)17-12-4-3-5-13(10-12)21-2/h3-5,10-11H,6-9H2,1-2H3,(H,18,19)(H2,16,17,20). The molecule has 1 aromatic rings. The zero-order chi connectivity index (χ0) is 15.7. The topological polar surface area (TPSA) is 87.7 Å². The molecule has 0 aliphatic heterocycles. The van der Waals surface area contributed by atoms with Crippen LogP contribution in [0.4, 0.5) is 10.5 Å². The zero-order valence-corrected chi connectivity index (χ0v) is 12.4. The highest BCUT2D eigenvalue weighted by molar-refractivity contribution is 5.89. The third-order valence-electron chi connectivity index (χ3n) is 3.10. The highest BCUT2D eigenvalue weighted by Crippen LogP contribution is 2.16. The van der Waals surface area contributed by atoms with Gasteiger partial charge in [-0.25, -0.2) is 4.79 Å². The van der Waals surface area contributed by atoms with Crippen molar-refractivity contribution in [1.29, 1.82) is 0 Å². The molecule has 0 radical (unpaired) electrons. The fraction of sp³-hybridized carbons (Fsp3) is 0.467. The van der Waals surface area contributed by atoms with E-state index in [0.717, 1.165) is 6.42 Å². The molecule has 0 spiro atoms. The molecule has 3 N–H and O–H groups in total. The summed E-state index contributed by atoms with van der Waals surface area (Å²) >= 11 is 0. The lowest BCUT2D eigenvalue weighted by Crippen LogP contribution is -2.30. The molecule has 0 aliphatic rings. The van der Waals surface area contributed by atoms with Crippen LogP contribution in [0.3, 0.4) is 0 Å². The molecule has 0 aliphatic carbocycles. The van der Waals surface area contributed by atoms with Gasteiger partial charge in [-0.2, -0.15) is 0 Å². The Kier molecular flexibility index (Phi) is 7.08. The van der Waals surface area contributed by atoms with E-state index in [-0.39, 0.29) is 18.4 Å². The van der Waals surface area contributed by atoms with E-state index in [1.165, 1.54) is 0 Å². The maximum absolute atomic E-state index is 11.7. The van der Waals surface area contributed by atoms with Crippen LogP contribution in [-0.2, 0) is 4.79 Å². The summed E-state index contributed by atoms with van der Waals surface area (Å²) in [6.07, 6.45) is 1.53. The van der Waals surface area contributed by atoms with Gasteiger partial charge in [0.05, 0.1) is 7.11 Å². The van der Waals surface area contributed by atoms with E-state index >= 15 is 0 Å². The normalized spacial score (nSPS) is 11.5. The van der Waals surface area contributed by atoms with E-state index in [4.69, 9.17) is 9.84 Å². The molecule has 1 rings (SSSR count). The molecular weight excluding hydrogens is 272 g/mol. The second kappa shape index (κ2) is 8.84. The number of nitrogens with one attached hydrogen (secondary N) is 2. The molecule has 6 heteroatoms. The molecule has 21 heavy (non-hydrogen) atoms. The minimum Gasteiger partial charge on any atom is -0.497 e. The number of hydrogen-bond acceptors (Lipinski definition) is 3. The van der Waals surface area contributed by atoms with Gasteiger partial charge in [-0.3, -0.25) is 4.79 Å². The van der Waals surface area contributed by atoms with Crippen LogP contribution in [0.2, 0.25) is 0 Å². The summed E-state index contributed by atoms with van der Waals surface area (Å²) in [5.41, 5.74) is 0.658. The Hall–Kier alpha value is -2.24. The molecule has 6 nitrogen and oxygen atoms in total. The van der Waals surface area contributed by atoms with Gasteiger partial charge in [-0.05, 0) is 30.9 Å². The van der Waals surface area contributed by atoms with Gasteiger partial charge in [-0.1, -0.05) is 13.0 Å². The van der Waals surface area contributed by atoms with Crippen molar-refractivity contribution in [3.8, 4) is 5.75 Å². The first kappa shape index (κ1) is 16.8. The van der Waals surface area contributed by atoms with Crippen molar-refractivity contribution in [2.75, 3.05) is 19.0 Å². The first-order valence-corrected chi connectivity index (χ1v) is 6.92. The maximum Gasteiger partial charge on any atom is 0.319 e. The van der Waals surface area contributed by atoms with Crippen molar-refractivity contribution in [2.45, 2.75) is 26.2 Å². The Labute approximate surface area is 124 Å². The molecule has 0 heterocycles. The molecule has 0 fully saturated rings. The lowest BCUT2D eigenvalue weighted by Gasteiger charge is -2.12. The Morgan fingerprint density at radius 3 is 2.76 bits per heavy atom. The summed E-state index contributed by atoms with van der Waals surface area (Å²) in [5, 5.41) is 14.1. The van der Waals surface area contributed by atoms with Crippen LogP contribution in [0.5, 0.6) is 5.75 Å². The van der Waals surface area contributed by atoms with E-state index < -0.39 is 5.97 Å². The third kappa shape index (κ3) is 7.20. The summed E-state index contributed by atoms with van der Waals surface area (Å²) in [5.74, 6) is 0.152. The van der Waals surface area contributed by atoms with Gasteiger partial charge in [0.15, 0.2) is 0 Å². The summed E-state index contributed by atoms with van der Waals surface area (Å²) in [6, 6.07) is 6.82. The van der Waals surface area contributed by atoms with Crippen molar-refractivity contribution in [1.82, 2.24) is 5.32 Å². The quantitative estimate of drug-likeness (QED) is 0.688. The lowest BCUT2D eigenvalue weighted by atomic mass is 10.0. The van der Waals surface area contributed by atoms with Crippen LogP contribution in [-0.4, -0.2) is 30.8 Å². The van der Waals surface area contributed by atoms with Crippen molar-refractivity contribution >= 4 is 17.7 Å². The van der Waals surface area contributed by atoms with Gasteiger partial charge in [0, 0.05) is 24.7 Å². The van der Waals surface area contributed by atoms with Crippen LogP contribution in [0.1, 0.15) is 26.2 Å². The molecule has 2 amide bonds. The van der Waals surface area contributed by atoms with Crippen molar-refractivity contribution in [3.05, 3.63) is 24.3 Å². The van der Waals surface area contributed by atoms with Crippen molar-refractivity contribution < 1.29 is 19.4 Å². The number of aliphatic carboxylic acids is 1. The molecule has 1 aromatic carbocycles. The molecule has 0 saturated heterocycles. The van der Waals surface area contributed by atoms with Gasteiger partial charge >= 0.3 is 12.0 Å². The van der Waals surface area contributed by atoms with Gasteiger partial charge in [0.25, 0.3) is 0 Å². The summed E-state index contributed by atoms with van der Waals surface area (Å²) in [4.78, 5) is 22.2. The van der Waals surface area contributed by atoms with E-state index in [2.05, 4.69) is 10.6 Å². The first-order valence-electron chi connectivity index (χ1n) is 6.92. The second-order valence-corrected chi connectivity index (χ2v) is 4.94. The number of hydrogen-bond donors (Lipinski definition) is 3. The van der Waals surface area contributed by atoms with Gasteiger partial charge in [-0.15, -0.1) is 0 Å². The fourth-order valence-corrected chi connectivity index (χ4v) is 1.82. The minimum absolute atomic E-state index is 0.164. The predicted molar refractivity (Wildman–Crippen MR) is 80.7 cm³/mol. The van der Waals surface area contributed by atoms with Crippen molar-refractivity contribution in [2.24, 2.45) is 5.92 Å². The van der Waals surface area contributed by atoms with E-state index in [0.29, 0.717) is 24.4 Å². The SMILES string of the molecule is COc1cccc(NC(=O)NCCC(C)CCC(=O)O)c1. The highest BCUT2D eigenvalue weighted by Gasteiger charge is 2.07. The number of amides is 2. The highest BCUT2D eigenvalue weighted by atomic mass is 16.5. The number of anilines is 1. The predicted octanol–water partition coefficient (Wildman–Crippen LogP) is 2.71. The van der Waals surface area contributed by atoms with E-state index in [9.17, 15) is 9.59 Å². The number of urea groups is 1. The van der Waals surface area contributed by atoms with Gasteiger partial charge in [0.1, 0.15) is 5.75 Å². The molecule has 0 bridgehead atoms. The van der Waals surface area contributed by atoms with Crippen LogP contribution in [0, 0.1) is 5.92 Å². The van der Waals surface area contributed by atoms with E-state index in [1.807, 2.05) is 6.92 Å². The number of carbonyl (C=O) groups is 2. The summed E-state index contributed by atoms with van der Waals surface area (Å²) in [6.45, 7) is 2.49. The second-order valence-electron chi connectivity index (χ2n) is 4.94. The number of carboxylic acids is 1. The maximum atomic E-state index is 11.7. The van der Waals surface area contributed by atoms with Crippen LogP contribution < -0.4 is 15.4 Å². The molecule has 0 aromatic heterocycles. The Morgan fingerprint density at radius 1 is 1.33 bits per heavy atom.